The van der Waals surface area contributed by atoms with Gasteiger partial charge in [-0.25, -0.2) is 4.99 Å². The molecule has 0 amide bonds. The summed E-state index contributed by atoms with van der Waals surface area (Å²) < 4.78 is 0. The van der Waals surface area contributed by atoms with E-state index in [1.54, 1.807) is 6.34 Å². The predicted molar refractivity (Wildman–Crippen MR) is 80.4 cm³/mol. The zero-order valence-electron chi connectivity index (χ0n) is 12.0. The van der Waals surface area contributed by atoms with E-state index in [-0.39, 0.29) is 0 Å². The lowest BCUT2D eigenvalue weighted by molar-refractivity contribution is 0.454. The third kappa shape index (κ3) is 4.47. The molecule has 0 aliphatic carbocycles. The van der Waals surface area contributed by atoms with E-state index in [1.807, 2.05) is 19.2 Å². The molecule has 3 nitrogen and oxygen atoms in total. The molecule has 0 saturated carbocycles. The molecule has 1 rings (SSSR count). The van der Waals surface area contributed by atoms with E-state index in [9.17, 15) is 0 Å². The van der Waals surface area contributed by atoms with Crippen LogP contribution in [0.15, 0.2) is 33.9 Å². The Morgan fingerprint density at radius 3 is 3.06 bits per heavy atom. The Balaban J connectivity index is 2.55. The average Bonchev–Trinajstić information content (AvgIpc) is 2.39. The molecule has 2 atom stereocenters. The highest BCUT2D eigenvalue weighted by atomic mass is 14.9. The van der Waals surface area contributed by atoms with E-state index in [4.69, 9.17) is 0 Å². The van der Waals surface area contributed by atoms with Crippen molar-refractivity contribution in [2.75, 3.05) is 6.54 Å². The Morgan fingerprint density at radius 2 is 2.39 bits per heavy atom. The van der Waals surface area contributed by atoms with Crippen LogP contribution in [0.2, 0.25) is 0 Å². The summed E-state index contributed by atoms with van der Waals surface area (Å²) in [5.41, 5.74) is 2.48. The number of nitrogens with zero attached hydrogens (tertiary/aromatic N) is 2. The summed E-state index contributed by atoms with van der Waals surface area (Å²) in [4.78, 5) is 8.90. The molecule has 0 aromatic rings. The minimum absolute atomic E-state index is 0.343. The summed E-state index contributed by atoms with van der Waals surface area (Å²) in [6.07, 6.45) is 9.97. The van der Waals surface area contributed by atoms with Crippen molar-refractivity contribution >= 4 is 12.1 Å². The van der Waals surface area contributed by atoms with Crippen LogP contribution < -0.4 is 5.32 Å². The quantitative estimate of drug-likeness (QED) is 0.768. The number of aliphatic imine (C=N–C) groups is 2. The fourth-order valence-electron chi connectivity index (χ4n) is 2.03. The normalized spacial score (nSPS) is 22.1. The van der Waals surface area contributed by atoms with Crippen molar-refractivity contribution in [1.82, 2.24) is 5.32 Å². The molecule has 1 N–H and O–H groups in total. The van der Waals surface area contributed by atoms with Crippen LogP contribution in [0, 0.1) is 5.92 Å². The van der Waals surface area contributed by atoms with Gasteiger partial charge in [-0.2, -0.15) is 0 Å². The minimum Gasteiger partial charge on any atom is -0.391 e. The van der Waals surface area contributed by atoms with Gasteiger partial charge in [0.1, 0.15) is 6.34 Å². The summed E-state index contributed by atoms with van der Waals surface area (Å²) in [6.45, 7) is 9.50. The van der Waals surface area contributed by atoms with Gasteiger partial charge in [0.2, 0.25) is 0 Å². The Labute approximate surface area is 111 Å². The second kappa shape index (κ2) is 7.85. The van der Waals surface area contributed by atoms with Gasteiger partial charge in [-0.05, 0) is 38.0 Å². The van der Waals surface area contributed by atoms with Crippen molar-refractivity contribution in [3.8, 4) is 0 Å². The zero-order valence-corrected chi connectivity index (χ0v) is 12.0. The number of hydrogen-bond donors (Lipinski definition) is 1. The number of hydrogen-bond acceptors (Lipinski definition) is 3. The van der Waals surface area contributed by atoms with Gasteiger partial charge >= 0.3 is 0 Å². The van der Waals surface area contributed by atoms with Crippen molar-refractivity contribution in [2.24, 2.45) is 15.9 Å². The van der Waals surface area contributed by atoms with Gasteiger partial charge in [0, 0.05) is 18.7 Å². The van der Waals surface area contributed by atoms with Crippen molar-refractivity contribution in [3.63, 3.8) is 0 Å². The van der Waals surface area contributed by atoms with Gasteiger partial charge < -0.3 is 5.32 Å². The predicted octanol–water partition coefficient (Wildman–Crippen LogP) is 3.34. The lowest BCUT2D eigenvalue weighted by Crippen LogP contribution is -2.29. The van der Waals surface area contributed by atoms with E-state index in [1.165, 1.54) is 11.3 Å². The average molecular weight is 247 g/mol. The molecular formula is C15H25N3. The summed E-state index contributed by atoms with van der Waals surface area (Å²) in [5.74, 6) is 0.511. The third-order valence-corrected chi connectivity index (χ3v) is 3.22. The largest absolute Gasteiger partial charge is 0.391 e. The Bertz CT molecular complexity index is 364. The molecule has 0 spiro atoms. The Hall–Kier alpha value is -1.38. The van der Waals surface area contributed by atoms with Crippen LogP contribution in [-0.2, 0) is 0 Å². The van der Waals surface area contributed by atoms with Gasteiger partial charge in [0.05, 0.1) is 6.04 Å². The third-order valence-electron chi connectivity index (χ3n) is 3.22. The second-order valence-electron chi connectivity index (χ2n) is 4.79. The molecule has 18 heavy (non-hydrogen) atoms. The Morgan fingerprint density at radius 1 is 1.61 bits per heavy atom. The van der Waals surface area contributed by atoms with Gasteiger partial charge in [-0.15, -0.1) is 0 Å². The van der Waals surface area contributed by atoms with Gasteiger partial charge in [0.25, 0.3) is 0 Å². The molecule has 100 valence electrons. The first-order chi connectivity index (χ1) is 8.69. The molecule has 0 bridgehead atoms. The first-order valence-electron chi connectivity index (χ1n) is 6.79. The lowest BCUT2D eigenvalue weighted by atomic mass is 9.93. The molecular weight excluding hydrogens is 222 g/mol. The van der Waals surface area contributed by atoms with E-state index in [2.05, 4.69) is 42.1 Å². The molecule has 1 aliphatic rings. The van der Waals surface area contributed by atoms with Crippen LogP contribution in [0.3, 0.4) is 0 Å². The summed E-state index contributed by atoms with van der Waals surface area (Å²) in [5, 5.41) is 3.29. The number of allylic oxidation sites excluding steroid dienone is 3. The molecule has 3 heteroatoms. The molecule has 0 saturated heterocycles. The number of nitrogens with one attached hydrogen (secondary N) is 1. The van der Waals surface area contributed by atoms with Crippen LogP contribution in [0.4, 0.5) is 0 Å². The maximum absolute atomic E-state index is 4.50. The first kappa shape index (κ1) is 14.7. The van der Waals surface area contributed by atoms with E-state index in [0.717, 1.165) is 19.4 Å². The molecule has 0 aromatic heterocycles. The SMILES string of the molecule is C/C=C\NC[C@H](C)C1CC(/C(C)=C\CC)=NC=N1. The summed E-state index contributed by atoms with van der Waals surface area (Å²) in [6, 6.07) is 0.343. The van der Waals surface area contributed by atoms with Crippen molar-refractivity contribution in [2.45, 2.75) is 46.6 Å². The van der Waals surface area contributed by atoms with Crippen LogP contribution in [0.1, 0.15) is 40.5 Å². The van der Waals surface area contributed by atoms with Gasteiger partial charge in [-0.3, -0.25) is 4.99 Å². The van der Waals surface area contributed by atoms with Crippen molar-refractivity contribution < 1.29 is 0 Å². The Kier molecular flexibility index (Phi) is 6.40. The smallest absolute Gasteiger partial charge is 0.110 e. The number of rotatable bonds is 6. The second-order valence-corrected chi connectivity index (χ2v) is 4.79. The maximum atomic E-state index is 4.50. The summed E-state index contributed by atoms with van der Waals surface area (Å²) >= 11 is 0. The van der Waals surface area contributed by atoms with E-state index in [0.29, 0.717) is 12.0 Å². The summed E-state index contributed by atoms with van der Waals surface area (Å²) in [7, 11) is 0. The molecule has 0 fully saturated rings. The standard InChI is InChI=1S/C15H25N3/c1-5-7-12(3)14-9-15(18-11-17-14)13(4)10-16-8-6-2/h6-8,11,13,15-16H,5,9-10H2,1-4H3/b8-6-,12-7-/t13-,15?/m0/s1. The molecule has 1 unspecified atom stereocenters. The highest BCUT2D eigenvalue weighted by Crippen LogP contribution is 2.18. The molecule has 0 aromatic carbocycles. The molecule has 1 heterocycles. The van der Waals surface area contributed by atoms with Crippen LogP contribution in [0.5, 0.6) is 0 Å². The minimum atomic E-state index is 0.343. The first-order valence-corrected chi connectivity index (χ1v) is 6.79. The van der Waals surface area contributed by atoms with Crippen LogP contribution >= 0.6 is 0 Å². The van der Waals surface area contributed by atoms with Gasteiger partial charge in [0.15, 0.2) is 0 Å². The van der Waals surface area contributed by atoms with Gasteiger partial charge in [-0.1, -0.05) is 26.0 Å². The van der Waals surface area contributed by atoms with Crippen molar-refractivity contribution in [3.05, 3.63) is 23.9 Å². The van der Waals surface area contributed by atoms with Crippen LogP contribution in [0.25, 0.3) is 0 Å². The maximum Gasteiger partial charge on any atom is 0.110 e. The van der Waals surface area contributed by atoms with Crippen LogP contribution in [-0.4, -0.2) is 24.6 Å². The topological polar surface area (TPSA) is 36.8 Å². The van der Waals surface area contributed by atoms with E-state index < -0.39 is 0 Å². The fourth-order valence-corrected chi connectivity index (χ4v) is 2.03. The highest BCUT2D eigenvalue weighted by Gasteiger charge is 2.20. The molecule has 0 radical (unpaired) electrons. The zero-order chi connectivity index (χ0) is 13.4. The van der Waals surface area contributed by atoms with E-state index >= 15 is 0 Å². The lowest BCUT2D eigenvalue weighted by Gasteiger charge is -2.23. The monoisotopic (exact) mass is 247 g/mol. The molecule has 1 aliphatic heterocycles. The van der Waals surface area contributed by atoms with Crippen molar-refractivity contribution in [1.29, 1.82) is 0 Å². The highest BCUT2D eigenvalue weighted by molar-refractivity contribution is 6.04. The fraction of sp³-hybridized carbons (Fsp3) is 0.600.